The highest BCUT2D eigenvalue weighted by molar-refractivity contribution is 6.08. The van der Waals surface area contributed by atoms with Gasteiger partial charge in [-0.05, 0) is 92.7 Å². The minimum atomic E-state index is -0.843. The largest absolute Gasteiger partial charge is 0.506 e. The van der Waals surface area contributed by atoms with Gasteiger partial charge in [-0.15, -0.1) is 0 Å². The first kappa shape index (κ1) is 43.9. The third-order valence-electron chi connectivity index (χ3n) is 15.4. The number of piperazine rings is 1. The van der Waals surface area contributed by atoms with Crippen molar-refractivity contribution < 1.29 is 37.8 Å². The number of fused-ring (bicyclic) bond motifs is 1. The normalized spacial score (nSPS) is 23.7. The number of β-lactam (4-membered cyclic amide) rings is 1. The SMILES string of the molecule is CCC1(CC)C(=O)N(c2cc(F)ccc2O)[C@H]1c1cc(F)c(N2CCC(CN3CCN(CC4CCN(c5ccc6c(c5)C(=O)N([C@H]5CCC(=O)NC5=O)C6)CC4)CC3)CC2)cc1OC. The fourth-order valence-corrected chi connectivity index (χ4v) is 11.5. The van der Waals surface area contributed by atoms with E-state index in [1.54, 1.807) is 18.1 Å². The number of hydrogen-bond donors (Lipinski definition) is 2. The summed E-state index contributed by atoms with van der Waals surface area (Å²) in [6.45, 7) is 13.9. The number of piperidine rings is 3. The summed E-state index contributed by atoms with van der Waals surface area (Å²) in [6, 6.07) is 11.6. The lowest BCUT2D eigenvalue weighted by Crippen LogP contribution is -2.63. The van der Waals surface area contributed by atoms with E-state index in [0.29, 0.717) is 60.2 Å². The van der Waals surface area contributed by atoms with Gasteiger partial charge >= 0.3 is 0 Å². The molecule has 13 nitrogen and oxygen atoms in total. The van der Waals surface area contributed by atoms with E-state index in [1.807, 2.05) is 26.0 Å². The van der Waals surface area contributed by atoms with Crippen molar-refractivity contribution >= 4 is 40.7 Å². The van der Waals surface area contributed by atoms with Gasteiger partial charge in [0.05, 0.1) is 29.9 Å². The number of phenols is 1. The fraction of sp³-hybridized carbons (Fsp3) is 0.551. The van der Waals surface area contributed by atoms with Crippen LogP contribution in [-0.4, -0.2) is 122 Å². The first-order chi connectivity index (χ1) is 30.9. The lowest BCUT2D eigenvalue weighted by molar-refractivity contribution is -0.141. The van der Waals surface area contributed by atoms with Gasteiger partial charge in [0.2, 0.25) is 17.7 Å². The van der Waals surface area contributed by atoms with E-state index in [-0.39, 0.29) is 47.3 Å². The number of imide groups is 1. The molecule has 0 saturated carbocycles. The van der Waals surface area contributed by atoms with E-state index in [9.17, 15) is 28.7 Å². The first-order valence-electron chi connectivity index (χ1n) is 23.3. The molecule has 9 rings (SSSR count). The van der Waals surface area contributed by atoms with E-state index in [1.165, 1.54) is 17.0 Å². The second-order valence-electron chi connectivity index (χ2n) is 18.8. The summed E-state index contributed by atoms with van der Waals surface area (Å²) in [4.78, 5) is 63.9. The third kappa shape index (κ3) is 8.07. The number of carbonyl (C=O) groups is 4. The molecular weight excluding hydrogens is 821 g/mol. The Kier molecular flexibility index (Phi) is 12.3. The molecule has 6 aliphatic heterocycles. The van der Waals surface area contributed by atoms with Crippen LogP contribution in [0.25, 0.3) is 0 Å². The minimum absolute atomic E-state index is 0.0665. The van der Waals surface area contributed by atoms with Gasteiger partial charge in [0.25, 0.3) is 5.91 Å². The zero-order valence-electron chi connectivity index (χ0n) is 37.3. The molecule has 4 amide bonds. The first-order valence-corrected chi connectivity index (χ1v) is 23.3. The average Bonchev–Trinajstić information content (AvgIpc) is 3.62. The quantitative estimate of drug-likeness (QED) is 0.163. The number of carbonyl (C=O) groups excluding carboxylic acids is 4. The molecule has 342 valence electrons. The zero-order valence-corrected chi connectivity index (χ0v) is 37.3. The molecule has 2 N–H and O–H groups in total. The van der Waals surface area contributed by atoms with Crippen molar-refractivity contribution in [3.63, 3.8) is 0 Å². The molecule has 0 unspecified atom stereocenters. The molecule has 0 spiro atoms. The Morgan fingerprint density at radius 2 is 1.41 bits per heavy atom. The van der Waals surface area contributed by atoms with Crippen LogP contribution in [0.4, 0.5) is 25.8 Å². The molecular formula is C49H61F2N7O6. The van der Waals surface area contributed by atoms with Gasteiger partial charge in [0.15, 0.2) is 0 Å². The van der Waals surface area contributed by atoms with Gasteiger partial charge in [-0.1, -0.05) is 19.9 Å². The van der Waals surface area contributed by atoms with Crippen molar-refractivity contribution in [1.29, 1.82) is 0 Å². The summed E-state index contributed by atoms with van der Waals surface area (Å²) < 4.78 is 36.5. The van der Waals surface area contributed by atoms with Gasteiger partial charge in [0.1, 0.15) is 29.2 Å². The number of phenolic OH excluding ortho intramolecular Hbond substituents is 1. The Bertz CT molecular complexity index is 2280. The number of nitrogens with one attached hydrogen (secondary N) is 1. The van der Waals surface area contributed by atoms with Gasteiger partial charge in [-0.3, -0.25) is 29.4 Å². The van der Waals surface area contributed by atoms with E-state index in [0.717, 1.165) is 115 Å². The number of hydrogen-bond acceptors (Lipinski definition) is 10. The summed E-state index contributed by atoms with van der Waals surface area (Å²) in [5, 5.41) is 13.0. The highest BCUT2D eigenvalue weighted by Gasteiger charge is 2.60. The third-order valence-corrected chi connectivity index (χ3v) is 15.4. The summed E-state index contributed by atoms with van der Waals surface area (Å²) in [7, 11) is 1.54. The van der Waals surface area contributed by atoms with Crippen LogP contribution in [0.5, 0.6) is 11.5 Å². The molecule has 0 radical (unpaired) electrons. The Morgan fingerprint density at radius 3 is 2.02 bits per heavy atom. The minimum Gasteiger partial charge on any atom is -0.506 e. The predicted molar refractivity (Wildman–Crippen MR) is 239 cm³/mol. The molecule has 5 saturated heterocycles. The van der Waals surface area contributed by atoms with Crippen LogP contribution < -0.4 is 24.8 Å². The lowest BCUT2D eigenvalue weighted by atomic mass is 9.64. The van der Waals surface area contributed by atoms with Gasteiger partial charge in [-0.25, -0.2) is 8.78 Å². The molecule has 6 aliphatic rings. The van der Waals surface area contributed by atoms with Crippen LogP contribution in [0.2, 0.25) is 0 Å². The smallest absolute Gasteiger partial charge is 0.255 e. The van der Waals surface area contributed by atoms with Gasteiger partial charge in [0, 0.05) is 107 Å². The molecule has 15 heteroatoms. The van der Waals surface area contributed by atoms with E-state index in [2.05, 4.69) is 31.0 Å². The van der Waals surface area contributed by atoms with Crippen LogP contribution >= 0.6 is 0 Å². The number of nitrogens with zero attached hydrogens (tertiary/aromatic N) is 6. The van der Waals surface area contributed by atoms with Crippen molar-refractivity contribution in [2.45, 2.75) is 83.8 Å². The highest BCUT2D eigenvalue weighted by atomic mass is 19.1. The second kappa shape index (κ2) is 17.9. The summed E-state index contributed by atoms with van der Waals surface area (Å²) in [5.74, 6) is -0.606. The van der Waals surface area contributed by atoms with Crippen molar-refractivity contribution in [2.75, 3.05) is 87.3 Å². The molecule has 5 fully saturated rings. The van der Waals surface area contributed by atoms with Crippen LogP contribution in [0.15, 0.2) is 48.5 Å². The van der Waals surface area contributed by atoms with Crippen molar-refractivity contribution in [3.05, 3.63) is 76.9 Å². The Labute approximate surface area is 374 Å². The average molecular weight is 882 g/mol. The van der Waals surface area contributed by atoms with E-state index >= 15 is 4.39 Å². The fourth-order valence-electron chi connectivity index (χ4n) is 11.5. The zero-order chi connectivity index (χ0) is 44.9. The number of aromatic hydroxyl groups is 1. The molecule has 6 heterocycles. The maximum absolute atomic E-state index is 16.3. The van der Waals surface area contributed by atoms with Crippen LogP contribution in [0, 0.1) is 28.9 Å². The maximum Gasteiger partial charge on any atom is 0.255 e. The monoisotopic (exact) mass is 881 g/mol. The summed E-state index contributed by atoms with van der Waals surface area (Å²) >= 11 is 0. The maximum atomic E-state index is 16.3. The van der Waals surface area contributed by atoms with E-state index in [4.69, 9.17) is 4.74 Å². The highest BCUT2D eigenvalue weighted by Crippen LogP contribution is 2.59. The number of ether oxygens (including phenoxy) is 1. The number of methoxy groups -OCH3 is 1. The predicted octanol–water partition coefficient (Wildman–Crippen LogP) is 6.08. The standard InChI is InChI=1S/C49H61F2N7O6/c1-4-49(5-2)45(58(48(49)63)41-24-34(50)7-10-42(41)59)37-26-38(51)40(27-43(37)64-3)56-18-14-32(15-19-56)29-54-22-20-53(21-23-54)28-31-12-16-55(17-13-31)35-8-6-33-30-57(47(62)36(33)25-35)39-9-11-44(60)52-46(39)61/h6-8,10,24-27,31-32,39,45,59H,4-5,9,11-23,28-30H2,1-3H3,(H,52,60,61)/t39-,45-/m0/s1. The van der Waals surface area contributed by atoms with Crippen LogP contribution in [0.3, 0.4) is 0 Å². The van der Waals surface area contributed by atoms with Crippen molar-refractivity contribution in [1.82, 2.24) is 20.0 Å². The number of anilines is 3. The Morgan fingerprint density at radius 1 is 0.766 bits per heavy atom. The topological polar surface area (TPSA) is 129 Å². The second-order valence-corrected chi connectivity index (χ2v) is 18.8. The number of benzene rings is 3. The molecule has 2 atom stereocenters. The molecule has 3 aromatic carbocycles. The number of rotatable bonds is 12. The molecule has 0 bridgehead atoms. The lowest BCUT2D eigenvalue weighted by Gasteiger charge is -2.56. The van der Waals surface area contributed by atoms with Crippen LogP contribution in [-0.2, 0) is 20.9 Å². The molecule has 0 aliphatic carbocycles. The van der Waals surface area contributed by atoms with Crippen molar-refractivity contribution in [3.8, 4) is 11.5 Å². The van der Waals surface area contributed by atoms with Gasteiger partial charge < -0.3 is 34.3 Å². The van der Waals surface area contributed by atoms with Gasteiger partial charge in [-0.2, -0.15) is 0 Å². The summed E-state index contributed by atoms with van der Waals surface area (Å²) in [5.41, 5.74) is 2.84. The molecule has 3 aromatic rings. The Balaban J connectivity index is 0.739. The van der Waals surface area contributed by atoms with Crippen molar-refractivity contribution in [2.24, 2.45) is 17.3 Å². The van der Waals surface area contributed by atoms with E-state index < -0.39 is 23.3 Å². The Hall–Kier alpha value is -5.28. The summed E-state index contributed by atoms with van der Waals surface area (Å²) in [6.07, 6.45) is 5.70. The number of amides is 4. The van der Waals surface area contributed by atoms with Crippen LogP contribution in [0.1, 0.15) is 92.7 Å². The molecule has 64 heavy (non-hydrogen) atoms. The molecule has 0 aromatic heterocycles. The number of halogens is 2.